The van der Waals surface area contributed by atoms with E-state index in [0.717, 1.165) is 45.3 Å². The molecule has 0 atom stereocenters. The van der Waals surface area contributed by atoms with E-state index in [2.05, 4.69) is 11.9 Å². The zero-order chi connectivity index (χ0) is 16.0. The highest BCUT2D eigenvalue weighted by atomic mass is 16.3. The third-order valence-corrected chi connectivity index (χ3v) is 6.11. The smallest absolute Gasteiger partial charge is 0.257 e. The molecule has 3 aliphatic rings. The molecule has 0 radical (unpaired) electrons. The molecule has 124 valence electrons. The first-order valence-electron chi connectivity index (χ1n) is 8.75. The number of hydrogen-bond acceptors (Lipinski definition) is 4. The summed E-state index contributed by atoms with van der Waals surface area (Å²) in [5.74, 6) is 0.738. The van der Waals surface area contributed by atoms with E-state index in [-0.39, 0.29) is 11.7 Å². The average molecular weight is 316 g/mol. The van der Waals surface area contributed by atoms with Crippen molar-refractivity contribution >= 4 is 11.7 Å². The topological polar surface area (TPSA) is 53.8 Å². The normalized spacial score (nSPS) is 24.2. The van der Waals surface area contributed by atoms with Crippen LogP contribution in [-0.4, -0.2) is 53.7 Å². The van der Waals surface area contributed by atoms with Gasteiger partial charge in [-0.05, 0) is 45.7 Å². The Morgan fingerprint density at radius 3 is 2.61 bits per heavy atom. The predicted molar refractivity (Wildman–Crippen MR) is 85.7 cm³/mol. The second-order valence-electron chi connectivity index (χ2n) is 7.27. The van der Waals surface area contributed by atoms with Crippen molar-refractivity contribution in [2.75, 3.05) is 26.7 Å². The zero-order valence-corrected chi connectivity index (χ0v) is 13.8. The molecule has 0 aromatic carbocycles. The Morgan fingerprint density at radius 2 is 1.91 bits per heavy atom. The second-order valence-corrected chi connectivity index (χ2v) is 7.27. The van der Waals surface area contributed by atoms with Gasteiger partial charge < -0.3 is 14.2 Å². The highest BCUT2D eigenvalue weighted by Crippen LogP contribution is 2.38. The average Bonchev–Trinajstić information content (AvgIpc) is 3.14. The van der Waals surface area contributed by atoms with Crippen molar-refractivity contribution < 1.29 is 14.0 Å². The van der Waals surface area contributed by atoms with Crippen LogP contribution < -0.4 is 0 Å². The fourth-order valence-corrected chi connectivity index (χ4v) is 4.58. The molecule has 4 rings (SSSR count). The number of nitrogens with zero attached hydrogens (tertiary/aromatic N) is 2. The van der Waals surface area contributed by atoms with Gasteiger partial charge in [-0.1, -0.05) is 0 Å². The van der Waals surface area contributed by atoms with Crippen molar-refractivity contribution in [3.8, 4) is 0 Å². The van der Waals surface area contributed by atoms with E-state index < -0.39 is 0 Å². The Morgan fingerprint density at radius 1 is 1.13 bits per heavy atom. The monoisotopic (exact) mass is 316 g/mol. The number of aryl methyl sites for hydroxylation is 1. The van der Waals surface area contributed by atoms with E-state index in [9.17, 15) is 9.59 Å². The lowest BCUT2D eigenvalue weighted by Crippen LogP contribution is -2.52. The van der Waals surface area contributed by atoms with E-state index in [1.54, 1.807) is 0 Å². The van der Waals surface area contributed by atoms with Gasteiger partial charge in [-0.25, -0.2) is 0 Å². The largest absolute Gasteiger partial charge is 0.468 e. The second kappa shape index (κ2) is 5.48. The van der Waals surface area contributed by atoms with Crippen LogP contribution in [0.15, 0.2) is 10.7 Å². The van der Waals surface area contributed by atoms with Crippen LogP contribution in [-0.2, 0) is 6.42 Å². The third kappa shape index (κ3) is 2.33. The number of amides is 1. The molecule has 1 aromatic rings. The maximum Gasteiger partial charge on any atom is 0.257 e. The fourth-order valence-electron chi connectivity index (χ4n) is 4.58. The van der Waals surface area contributed by atoms with E-state index >= 15 is 0 Å². The third-order valence-electron chi connectivity index (χ3n) is 6.11. The standard InChI is InChI=1S/C18H24N2O3/c1-19-9-3-6-18(19)7-10-20(11-8-18)17(22)13-12-23-15-5-2-4-14(21)16(13)15/h12H,2-11H2,1H3. The number of carbonyl (C=O) groups excluding carboxylic acids is 2. The maximum absolute atomic E-state index is 12.9. The van der Waals surface area contributed by atoms with Crippen LogP contribution in [0, 0.1) is 0 Å². The minimum Gasteiger partial charge on any atom is -0.468 e. The number of carbonyl (C=O) groups is 2. The predicted octanol–water partition coefficient (Wildman–Crippen LogP) is 2.50. The van der Waals surface area contributed by atoms with Crippen molar-refractivity contribution in [3.05, 3.63) is 23.2 Å². The molecule has 0 N–H and O–H groups in total. The number of ketones is 1. The van der Waals surface area contributed by atoms with Crippen molar-refractivity contribution in [1.82, 2.24) is 9.80 Å². The van der Waals surface area contributed by atoms with Gasteiger partial charge >= 0.3 is 0 Å². The number of fused-ring (bicyclic) bond motifs is 1. The molecular formula is C18H24N2O3. The summed E-state index contributed by atoms with van der Waals surface area (Å²) >= 11 is 0. The van der Waals surface area contributed by atoms with Gasteiger partial charge in [0.15, 0.2) is 5.78 Å². The number of furan rings is 1. The van der Waals surface area contributed by atoms with Crippen LogP contribution >= 0.6 is 0 Å². The first-order chi connectivity index (χ1) is 11.1. The minimum absolute atomic E-state index is 0.0271. The Balaban J connectivity index is 1.51. The van der Waals surface area contributed by atoms with Crippen LogP contribution in [0.25, 0.3) is 0 Å². The summed E-state index contributed by atoms with van der Waals surface area (Å²) in [7, 11) is 2.20. The van der Waals surface area contributed by atoms with Gasteiger partial charge in [0.2, 0.25) is 0 Å². The van der Waals surface area contributed by atoms with E-state index in [0.29, 0.717) is 28.8 Å². The lowest BCUT2D eigenvalue weighted by atomic mass is 9.85. The molecule has 3 heterocycles. The molecule has 0 unspecified atom stereocenters. The van der Waals surface area contributed by atoms with E-state index in [1.807, 2.05) is 4.90 Å². The van der Waals surface area contributed by atoms with Crippen LogP contribution in [0.2, 0.25) is 0 Å². The molecular weight excluding hydrogens is 292 g/mol. The molecule has 5 nitrogen and oxygen atoms in total. The summed E-state index contributed by atoms with van der Waals surface area (Å²) in [6.45, 7) is 2.71. The molecule has 1 amide bonds. The number of likely N-dealkylation sites (tertiary alicyclic amines) is 2. The van der Waals surface area contributed by atoms with Crippen molar-refractivity contribution in [2.45, 2.75) is 50.5 Å². The lowest BCUT2D eigenvalue weighted by molar-refractivity contribution is 0.0490. The highest BCUT2D eigenvalue weighted by molar-refractivity contribution is 6.09. The Kier molecular flexibility index (Phi) is 3.56. The molecule has 1 aromatic heterocycles. The SMILES string of the molecule is CN1CCCC12CCN(C(=O)c1coc3c1C(=O)CCC3)CC2. The zero-order valence-electron chi connectivity index (χ0n) is 13.8. The van der Waals surface area contributed by atoms with Crippen molar-refractivity contribution in [1.29, 1.82) is 0 Å². The van der Waals surface area contributed by atoms with Gasteiger partial charge in [0.1, 0.15) is 12.0 Å². The van der Waals surface area contributed by atoms with Crippen LogP contribution in [0.5, 0.6) is 0 Å². The summed E-state index contributed by atoms with van der Waals surface area (Å²) in [6.07, 6.45) is 8.18. The first kappa shape index (κ1) is 14.9. The van der Waals surface area contributed by atoms with E-state index in [1.165, 1.54) is 19.1 Å². The quantitative estimate of drug-likeness (QED) is 0.799. The van der Waals surface area contributed by atoms with Gasteiger partial charge in [0.25, 0.3) is 5.91 Å². The first-order valence-corrected chi connectivity index (χ1v) is 8.75. The maximum atomic E-state index is 12.9. The number of hydrogen-bond donors (Lipinski definition) is 0. The van der Waals surface area contributed by atoms with Crippen LogP contribution in [0.1, 0.15) is 65.0 Å². The van der Waals surface area contributed by atoms with Gasteiger partial charge in [0, 0.05) is 31.5 Å². The highest BCUT2D eigenvalue weighted by Gasteiger charge is 2.42. The summed E-state index contributed by atoms with van der Waals surface area (Å²) in [5.41, 5.74) is 1.34. The summed E-state index contributed by atoms with van der Waals surface area (Å²) in [4.78, 5) is 29.4. The van der Waals surface area contributed by atoms with Crippen molar-refractivity contribution in [3.63, 3.8) is 0 Å². The minimum atomic E-state index is -0.0271. The molecule has 0 bridgehead atoms. The fraction of sp³-hybridized carbons (Fsp3) is 0.667. The van der Waals surface area contributed by atoms with Gasteiger partial charge in [0.05, 0.1) is 11.1 Å². The van der Waals surface area contributed by atoms with Crippen molar-refractivity contribution in [2.24, 2.45) is 0 Å². The number of piperidine rings is 1. The molecule has 1 spiro atoms. The molecule has 2 saturated heterocycles. The van der Waals surface area contributed by atoms with Gasteiger partial charge in [-0.3, -0.25) is 9.59 Å². The number of Topliss-reactive ketones (excluding diaryl/α,β-unsaturated/α-hetero) is 1. The molecule has 2 fully saturated rings. The van der Waals surface area contributed by atoms with Gasteiger partial charge in [-0.2, -0.15) is 0 Å². The lowest BCUT2D eigenvalue weighted by Gasteiger charge is -2.43. The summed E-state index contributed by atoms with van der Waals surface area (Å²) < 4.78 is 5.50. The number of rotatable bonds is 1. The molecule has 0 saturated carbocycles. The van der Waals surface area contributed by atoms with Crippen LogP contribution in [0.4, 0.5) is 0 Å². The Labute approximate surface area is 136 Å². The Hall–Kier alpha value is -1.62. The van der Waals surface area contributed by atoms with E-state index in [4.69, 9.17) is 4.42 Å². The molecule has 1 aliphatic carbocycles. The van der Waals surface area contributed by atoms with Gasteiger partial charge in [-0.15, -0.1) is 0 Å². The summed E-state index contributed by atoms with van der Waals surface area (Å²) in [6, 6.07) is 0. The Bertz CT molecular complexity index is 641. The molecule has 23 heavy (non-hydrogen) atoms. The van der Waals surface area contributed by atoms with Crippen LogP contribution in [0.3, 0.4) is 0 Å². The molecule has 5 heteroatoms. The molecule has 2 aliphatic heterocycles. The summed E-state index contributed by atoms with van der Waals surface area (Å²) in [5, 5.41) is 0.